The number of methoxy groups -OCH3 is 1. The molecule has 0 bridgehead atoms. The van der Waals surface area contributed by atoms with Crippen molar-refractivity contribution >= 4 is 5.97 Å². The van der Waals surface area contributed by atoms with Gasteiger partial charge < -0.3 is 4.74 Å². The summed E-state index contributed by atoms with van der Waals surface area (Å²) < 4.78 is 4.80. The molecule has 1 aromatic carbocycles. The summed E-state index contributed by atoms with van der Waals surface area (Å²) >= 11 is 0. The van der Waals surface area contributed by atoms with Crippen LogP contribution in [0.1, 0.15) is 17.9 Å². The van der Waals surface area contributed by atoms with Gasteiger partial charge in [-0.25, -0.2) is 0 Å². The Labute approximate surface area is 118 Å². The number of rotatable bonds is 6. The first-order valence-corrected chi connectivity index (χ1v) is 6.22. The van der Waals surface area contributed by atoms with E-state index in [-0.39, 0.29) is 0 Å². The zero-order valence-electron chi connectivity index (χ0n) is 11.3. The van der Waals surface area contributed by atoms with E-state index in [1.807, 2.05) is 42.5 Å². The molecule has 4 heteroatoms. The highest BCUT2D eigenvalue weighted by Gasteiger charge is 2.35. The van der Waals surface area contributed by atoms with E-state index < -0.39 is 23.7 Å². The summed E-state index contributed by atoms with van der Waals surface area (Å²) in [4.78, 5) is 12.0. The second kappa shape index (κ2) is 7.76. The minimum atomic E-state index is -0.915. The molecule has 0 heterocycles. The molecule has 4 nitrogen and oxygen atoms in total. The summed E-state index contributed by atoms with van der Waals surface area (Å²) in [7, 11) is 1.30. The molecular weight excluding hydrogens is 252 g/mol. The highest BCUT2D eigenvalue weighted by Crippen LogP contribution is 2.35. The SMILES string of the molecule is C=CC[C@@H](C(=O)OC)[C@@H](c1ccccc1)C(C#N)C#N. The maximum atomic E-state index is 12.0. The number of hydrogen-bond donors (Lipinski definition) is 0. The van der Waals surface area contributed by atoms with E-state index in [2.05, 4.69) is 6.58 Å². The van der Waals surface area contributed by atoms with Crippen molar-refractivity contribution in [2.24, 2.45) is 11.8 Å². The molecular formula is C16H16N2O2. The molecule has 2 atom stereocenters. The monoisotopic (exact) mass is 268 g/mol. The number of nitriles is 2. The molecule has 20 heavy (non-hydrogen) atoms. The number of hydrogen-bond acceptors (Lipinski definition) is 4. The van der Waals surface area contributed by atoms with Crippen molar-refractivity contribution in [2.45, 2.75) is 12.3 Å². The number of benzene rings is 1. The molecule has 0 amide bonds. The molecule has 0 aromatic heterocycles. The van der Waals surface area contributed by atoms with Crippen LogP contribution < -0.4 is 0 Å². The fraction of sp³-hybridized carbons (Fsp3) is 0.312. The predicted octanol–water partition coefficient (Wildman–Crippen LogP) is 2.80. The molecule has 0 spiro atoms. The molecule has 0 unspecified atom stereocenters. The average Bonchev–Trinajstić information content (AvgIpc) is 2.51. The van der Waals surface area contributed by atoms with Crippen LogP contribution in [0.15, 0.2) is 43.0 Å². The van der Waals surface area contributed by atoms with E-state index in [1.54, 1.807) is 6.08 Å². The fourth-order valence-electron chi connectivity index (χ4n) is 2.24. The van der Waals surface area contributed by atoms with Crippen molar-refractivity contribution in [3.63, 3.8) is 0 Å². The molecule has 0 saturated carbocycles. The Kier molecular flexibility index (Phi) is 6.00. The molecule has 1 rings (SSSR count). The molecule has 0 N–H and O–H groups in total. The van der Waals surface area contributed by atoms with E-state index in [0.717, 1.165) is 5.56 Å². The molecule has 0 saturated heterocycles. The molecule has 0 aliphatic rings. The van der Waals surface area contributed by atoms with Gasteiger partial charge in [0.15, 0.2) is 0 Å². The highest BCUT2D eigenvalue weighted by molar-refractivity contribution is 5.74. The maximum Gasteiger partial charge on any atom is 0.309 e. The van der Waals surface area contributed by atoms with Gasteiger partial charge in [0, 0.05) is 5.92 Å². The number of allylic oxidation sites excluding steroid dienone is 1. The molecule has 102 valence electrons. The predicted molar refractivity (Wildman–Crippen MR) is 74.2 cm³/mol. The molecule has 1 aromatic rings. The standard InChI is InChI=1S/C16H16N2O2/c1-3-7-14(16(19)20-2)15(13(10-17)11-18)12-8-5-4-6-9-12/h3-6,8-9,13-15H,1,7H2,2H3/t14-,15+/m1/s1. The van der Waals surface area contributed by atoms with Crippen molar-refractivity contribution in [2.75, 3.05) is 7.11 Å². The van der Waals surface area contributed by atoms with Gasteiger partial charge in [0.05, 0.1) is 25.2 Å². The van der Waals surface area contributed by atoms with Crippen molar-refractivity contribution in [1.29, 1.82) is 10.5 Å². The highest BCUT2D eigenvalue weighted by atomic mass is 16.5. The van der Waals surface area contributed by atoms with Gasteiger partial charge in [0.2, 0.25) is 0 Å². The summed E-state index contributed by atoms with van der Waals surface area (Å²) in [5.74, 6) is -2.48. The van der Waals surface area contributed by atoms with Crippen LogP contribution in [0, 0.1) is 34.5 Å². The van der Waals surface area contributed by atoms with Crippen LogP contribution in [0.2, 0.25) is 0 Å². The normalized spacial score (nSPS) is 12.8. The van der Waals surface area contributed by atoms with Crippen LogP contribution in [0.25, 0.3) is 0 Å². The maximum absolute atomic E-state index is 12.0. The van der Waals surface area contributed by atoms with E-state index in [1.165, 1.54) is 7.11 Å². The van der Waals surface area contributed by atoms with Crippen LogP contribution in [-0.2, 0) is 9.53 Å². The lowest BCUT2D eigenvalue weighted by atomic mass is 9.76. The zero-order chi connectivity index (χ0) is 15.0. The van der Waals surface area contributed by atoms with Crippen molar-refractivity contribution in [3.05, 3.63) is 48.6 Å². The second-order valence-corrected chi connectivity index (χ2v) is 4.33. The summed E-state index contributed by atoms with van der Waals surface area (Å²) in [5, 5.41) is 18.4. The Balaban J connectivity index is 3.28. The van der Waals surface area contributed by atoms with Crippen molar-refractivity contribution < 1.29 is 9.53 Å². The smallest absolute Gasteiger partial charge is 0.309 e. The van der Waals surface area contributed by atoms with E-state index in [4.69, 9.17) is 4.74 Å². The molecule has 0 fully saturated rings. The minimum absolute atomic E-state index is 0.353. The lowest BCUT2D eigenvalue weighted by molar-refractivity contribution is -0.146. The van der Waals surface area contributed by atoms with Crippen molar-refractivity contribution in [3.8, 4) is 12.1 Å². The largest absolute Gasteiger partial charge is 0.469 e. The fourth-order valence-corrected chi connectivity index (χ4v) is 2.24. The number of esters is 1. The van der Waals surface area contributed by atoms with Gasteiger partial charge in [-0.1, -0.05) is 36.4 Å². The number of carbonyl (C=O) groups excluding carboxylic acids is 1. The Morgan fingerprint density at radius 2 is 1.95 bits per heavy atom. The van der Waals surface area contributed by atoms with Crippen LogP contribution in [0.3, 0.4) is 0 Å². The quantitative estimate of drug-likeness (QED) is 0.587. The Morgan fingerprint density at radius 3 is 2.40 bits per heavy atom. The van der Waals surface area contributed by atoms with E-state index in [9.17, 15) is 15.3 Å². The van der Waals surface area contributed by atoms with E-state index >= 15 is 0 Å². The zero-order valence-corrected chi connectivity index (χ0v) is 11.3. The van der Waals surface area contributed by atoms with Gasteiger partial charge in [-0.15, -0.1) is 6.58 Å². The lowest BCUT2D eigenvalue weighted by Crippen LogP contribution is -2.27. The number of nitrogens with zero attached hydrogens (tertiary/aromatic N) is 2. The summed E-state index contributed by atoms with van der Waals surface area (Å²) in [5.41, 5.74) is 0.776. The Hall–Kier alpha value is -2.59. The number of ether oxygens (including phenoxy) is 1. The Bertz CT molecular complexity index is 526. The first-order chi connectivity index (χ1) is 9.69. The van der Waals surface area contributed by atoms with Crippen LogP contribution >= 0.6 is 0 Å². The molecule has 0 radical (unpaired) electrons. The molecule has 0 aliphatic heterocycles. The second-order valence-electron chi connectivity index (χ2n) is 4.33. The average molecular weight is 268 g/mol. The Morgan fingerprint density at radius 1 is 1.35 bits per heavy atom. The van der Waals surface area contributed by atoms with Crippen LogP contribution in [-0.4, -0.2) is 13.1 Å². The van der Waals surface area contributed by atoms with Crippen LogP contribution in [0.4, 0.5) is 0 Å². The lowest BCUT2D eigenvalue weighted by Gasteiger charge is -2.25. The van der Waals surface area contributed by atoms with Gasteiger partial charge in [-0.3, -0.25) is 4.79 Å². The third kappa shape index (κ3) is 3.46. The van der Waals surface area contributed by atoms with Crippen molar-refractivity contribution in [1.82, 2.24) is 0 Å². The van der Waals surface area contributed by atoms with Gasteiger partial charge in [0.1, 0.15) is 5.92 Å². The number of carbonyl (C=O) groups is 1. The van der Waals surface area contributed by atoms with Gasteiger partial charge >= 0.3 is 5.97 Å². The topological polar surface area (TPSA) is 73.9 Å². The first-order valence-electron chi connectivity index (χ1n) is 6.22. The first kappa shape index (κ1) is 15.5. The summed E-state index contributed by atoms with van der Waals surface area (Å²) in [6.45, 7) is 3.63. The minimum Gasteiger partial charge on any atom is -0.469 e. The third-order valence-electron chi connectivity index (χ3n) is 3.18. The summed E-state index contributed by atoms with van der Waals surface area (Å²) in [6.07, 6.45) is 1.95. The van der Waals surface area contributed by atoms with Gasteiger partial charge in [-0.05, 0) is 12.0 Å². The van der Waals surface area contributed by atoms with E-state index in [0.29, 0.717) is 6.42 Å². The molecule has 0 aliphatic carbocycles. The third-order valence-corrected chi connectivity index (χ3v) is 3.18. The van der Waals surface area contributed by atoms with Crippen LogP contribution in [0.5, 0.6) is 0 Å². The summed E-state index contributed by atoms with van der Waals surface area (Å²) in [6, 6.07) is 13.0. The van der Waals surface area contributed by atoms with Gasteiger partial charge in [0.25, 0.3) is 0 Å². The van der Waals surface area contributed by atoms with Gasteiger partial charge in [-0.2, -0.15) is 10.5 Å².